The zero-order chi connectivity index (χ0) is 25.1. The highest BCUT2D eigenvalue weighted by atomic mass is 16.2. The Hall–Kier alpha value is -4.99. The summed E-state index contributed by atoms with van der Waals surface area (Å²) in [4.78, 5) is 31.4. The van der Waals surface area contributed by atoms with Gasteiger partial charge in [0.15, 0.2) is 0 Å². The van der Waals surface area contributed by atoms with E-state index in [1.54, 1.807) is 66.2 Å². The zero-order valence-electron chi connectivity index (χ0n) is 19.8. The standard InChI is InChI=1S/C26H23N9O/c1-17-12-21-13-18(5-7-23(21)33-24(17)27)25(36)35(34(2)26-28-9-3-10-29-26)16-22-6-4-19(14-30-22)20-8-11-31-32-15-20/h3-15H,16H2,1-2H3,(H2,27,33). The highest BCUT2D eigenvalue weighted by Crippen LogP contribution is 2.22. The van der Waals surface area contributed by atoms with Crippen molar-refractivity contribution in [2.75, 3.05) is 17.8 Å². The van der Waals surface area contributed by atoms with Gasteiger partial charge in [-0.1, -0.05) is 6.07 Å². The van der Waals surface area contributed by atoms with Gasteiger partial charge in [0.25, 0.3) is 5.91 Å². The molecule has 36 heavy (non-hydrogen) atoms. The molecule has 5 aromatic rings. The van der Waals surface area contributed by atoms with Crippen molar-refractivity contribution in [2.45, 2.75) is 13.5 Å². The molecule has 0 unspecified atom stereocenters. The van der Waals surface area contributed by atoms with Crippen molar-refractivity contribution in [3.63, 3.8) is 0 Å². The lowest BCUT2D eigenvalue weighted by Crippen LogP contribution is -2.45. The minimum atomic E-state index is -0.231. The number of hydrogen-bond donors (Lipinski definition) is 1. The number of aryl methyl sites for hydroxylation is 1. The molecular formula is C26H23N9O. The quantitative estimate of drug-likeness (QED) is 0.366. The number of anilines is 2. The maximum absolute atomic E-state index is 13.8. The number of carbonyl (C=O) groups is 1. The molecule has 4 aromatic heterocycles. The van der Waals surface area contributed by atoms with Gasteiger partial charge in [-0.2, -0.15) is 10.2 Å². The fourth-order valence-electron chi connectivity index (χ4n) is 3.76. The molecule has 10 heteroatoms. The van der Waals surface area contributed by atoms with Crippen molar-refractivity contribution in [3.05, 3.63) is 96.3 Å². The van der Waals surface area contributed by atoms with Crippen LogP contribution in [0.2, 0.25) is 0 Å². The van der Waals surface area contributed by atoms with Crippen LogP contribution in [0.3, 0.4) is 0 Å². The van der Waals surface area contributed by atoms with Crippen LogP contribution in [0, 0.1) is 6.92 Å². The largest absolute Gasteiger partial charge is 0.383 e. The maximum Gasteiger partial charge on any atom is 0.272 e. The number of nitrogen functional groups attached to an aromatic ring is 1. The van der Waals surface area contributed by atoms with Crippen LogP contribution >= 0.6 is 0 Å². The normalized spacial score (nSPS) is 10.8. The second kappa shape index (κ2) is 9.71. The van der Waals surface area contributed by atoms with Gasteiger partial charge in [0.2, 0.25) is 5.95 Å². The van der Waals surface area contributed by atoms with Gasteiger partial charge in [-0.3, -0.25) is 14.8 Å². The van der Waals surface area contributed by atoms with Gasteiger partial charge in [0.05, 0.1) is 30.1 Å². The fourth-order valence-corrected chi connectivity index (χ4v) is 3.76. The van der Waals surface area contributed by atoms with E-state index in [1.165, 1.54) is 0 Å². The number of hydrogen-bond acceptors (Lipinski definition) is 9. The third-order valence-corrected chi connectivity index (χ3v) is 5.78. The van der Waals surface area contributed by atoms with Gasteiger partial charge in [-0.25, -0.2) is 20.0 Å². The van der Waals surface area contributed by atoms with Crippen LogP contribution in [-0.4, -0.2) is 48.1 Å². The third kappa shape index (κ3) is 4.64. The average molecular weight is 478 g/mol. The van der Waals surface area contributed by atoms with Gasteiger partial charge in [0.1, 0.15) is 5.82 Å². The van der Waals surface area contributed by atoms with Gasteiger partial charge in [0, 0.05) is 47.7 Å². The van der Waals surface area contributed by atoms with Crippen LogP contribution in [-0.2, 0) is 6.54 Å². The molecule has 4 heterocycles. The Morgan fingerprint density at radius 3 is 2.44 bits per heavy atom. The molecular weight excluding hydrogens is 454 g/mol. The number of benzene rings is 1. The summed E-state index contributed by atoms with van der Waals surface area (Å²) in [5.41, 5.74) is 10.5. The molecule has 1 amide bonds. The number of nitrogens with zero attached hydrogens (tertiary/aromatic N) is 8. The van der Waals surface area contributed by atoms with E-state index in [0.29, 0.717) is 23.0 Å². The minimum absolute atomic E-state index is 0.208. The second-order valence-electron chi connectivity index (χ2n) is 8.20. The monoisotopic (exact) mass is 477 g/mol. The number of fused-ring (bicyclic) bond motifs is 1. The summed E-state index contributed by atoms with van der Waals surface area (Å²) >= 11 is 0. The van der Waals surface area contributed by atoms with Gasteiger partial charge in [-0.05, 0) is 55.0 Å². The Morgan fingerprint density at radius 1 is 0.917 bits per heavy atom. The molecule has 0 aliphatic carbocycles. The molecule has 0 saturated carbocycles. The number of nitrogens with two attached hydrogens (primary N) is 1. The lowest BCUT2D eigenvalue weighted by molar-refractivity contribution is 0.0727. The number of rotatable bonds is 6. The topological polar surface area (TPSA) is 127 Å². The lowest BCUT2D eigenvalue weighted by atomic mass is 10.1. The van der Waals surface area contributed by atoms with E-state index in [4.69, 9.17) is 5.73 Å². The summed E-state index contributed by atoms with van der Waals surface area (Å²) in [5.74, 6) is 0.628. The van der Waals surface area contributed by atoms with Crippen LogP contribution in [0.4, 0.5) is 11.8 Å². The molecule has 0 saturated heterocycles. The number of pyridine rings is 2. The van der Waals surface area contributed by atoms with E-state index in [0.717, 1.165) is 27.6 Å². The molecule has 0 atom stereocenters. The minimum Gasteiger partial charge on any atom is -0.383 e. The first-order chi connectivity index (χ1) is 17.5. The molecule has 0 aliphatic heterocycles. The number of carbonyl (C=O) groups excluding carboxylic acids is 1. The number of aromatic nitrogens is 6. The summed E-state index contributed by atoms with van der Waals surface area (Å²) < 4.78 is 0. The average Bonchev–Trinajstić information content (AvgIpc) is 2.93. The first kappa shape index (κ1) is 22.8. The molecule has 2 N–H and O–H groups in total. The molecule has 0 spiro atoms. The number of hydrazine groups is 1. The highest BCUT2D eigenvalue weighted by Gasteiger charge is 2.23. The first-order valence-corrected chi connectivity index (χ1v) is 11.2. The van der Waals surface area contributed by atoms with E-state index < -0.39 is 0 Å². The molecule has 0 radical (unpaired) electrons. The summed E-state index contributed by atoms with van der Waals surface area (Å²) in [7, 11) is 1.75. The van der Waals surface area contributed by atoms with E-state index in [-0.39, 0.29) is 12.5 Å². The van der Waals surface area contributed by atoms with Crippen molar-refractivity contribution in [1.82, 2.24) is 35.1 Å². The SMILES string of the molecule is Cc1cc2cc(C(=O)N(Cc3ccc(-c4ccnnc4)cn3)N(C)c3ncccn3)ccc2nc1N. The van der Waals surface area contributed by atoms with E-state index in [9.17, 15) is 4.79 Å². The lowest BCUT2D eigenvalue weighted by Gasteiger charge is -2.31. The summed E-state index contributed by atoms with van der Waals surface area (Å²) in [6.45, 7) is 2.10. The molecule has 0 aliphatic rings. The molecule has 0 fully saturated rings. The molecule has 178 valence electrons. The highest BCUT2D eigenvalue weighted by molar-refractivity contribution is 5.98. The van der Waals surface area contributed by atoms with E-state index in [2.05, 4.69) is 30.1 Å². The maximum atomic E-state index is 13.8. The van der Waals surface area contributed by atoms with Gasteiger partial charge < -0.3 is 5.73 Å². The fraction of sp³-hybridized carbons (Fsp3) is 0.115. The Bertz CT molecular complexity index is 1510. The Labute approximate surface area is 207 Å². The van der Waals surface area contributed by atoms with Crippen molar-refractivity contribution in [2.24, 2.45) is 0 Å². The van der Waals surface area contributed by atoms with Gasteiger partial charge in [-0.15, -0.1) is 0 Å². The predicted molar refractivity (Wildman–Crippen MR) is 136 cm³/mol. The Morgan fingerprint density at radius 2 is 1.72 bits per heavy atom. The molecule has 1 aromatic carbocycles. The van der Waals surface area contributed by atoms with Crippen LogP contribution in [0.1, 0.15) is 21.6 Å². The van der Waals surface area contributed by atoms with Crippen LogP contribution < -0.4 is 10.7 Å². The van der Waals surface area contributed by atoms with E-state index in [1.807, 2.05) is 37.3 Å². The van der Waals surface area contributed by atoms with Gasteiger partial charge >= 0.3 is 0 Å². The predicted octanol–water partition coefficient (Wildman–Crippen LogP) is 3.46. The molecule has 10 nitrogen and oxygen atoms in total. The van der Waals surface area contributed by atoms with Crippen LogP contribution in [0.25, 0.3) is 22.0 Å². The summed E-state index contributed by atoms with van der Waals surface area (Å²) in [6.07, 6.45) is 8.32. The van der Waals surface area contributed by atoms with Crippen molar-refractivity contribution in [3.8, 4) is 11.1 Å². The van der Waals surface area contributed by atoms with Crippen LogP contribution in [0.15, 0.2) is 79.5 Å². The second-order valence-corrected chi connectivity index (χ2v) is 8.20. The Kier molecular flexibility index (Phi) is 6.14. The molecule has 0 bridgehead atoms. The van der Waals surface area contributed by atoms with Crippen molar-refractivity contribution >= 4 is 28.6 Å². The molecule has 5 rings (SSSR count). The third-order valence-electron chi connectivity index (χ3n) is 5.78. The van der Waals surface area contributed by atoms with Crippen molar-refractivity contribution < 1.29 is 4.79 Å². The first-order valence-electron chi connectivity index (χ1n) is 11.2. The number of amides is 1. The van der Waals surface area contributed by atoms with Crippen molar-refractivity contribution in [1.29, 1.82) is 0 Å². The zero-order valence-corrected chi connectivity index (χ0v) is 19.8. The summed E-state index contributed by atoms with van der Waals surface area (Å²) in [5, 5.41) is 11.7. The smallest absolute Gasteiger partial charge is 0.272 e. The van der Waals surface area contributed by atoms with Crippen LogP contribution in [0.5, 0.6) is 0 Å². The van der Waals surface area contributed by atoms with E-state index >= 15 is 0 Å². The summed E-state index contributed by atoms with van der Waals surface area (Å²) in [6, 6.07) is 14.7. The Balaban J connectivity index is 1.48.